The number of aliphatic hydroxyl groups excluding tert-OH is 1. The number of hydrogen-bond acceptors (Lipinski definition) is 6. The lowest BCUT2D eigenvalue weighted by atomic mass is 10.0. The summed E-state index contributed by atoms with van der Waals surface area (Å²) in [5.74, 6) is 0. The van der Waals surface area contributed by atoms with Crippen LogP contribution in [0.2, 0.25) is 5.02 Å². The van der Waals surface area contributed by atoms with Gasteiger partial charge in [0.2, 0.25) is 0 Å². The van der Waals surface area contributed by atoms with Crippen molar-refractivity contribution in [3.8, 4) is 11.3 Å². The average Bonchev–Trinajstić information content (AvgIpc) is 3.01. The van der Waals surface area contributed by atoms with E-state index < -0.39 is 10.1 Å². The molecule has 0 radical (unpaired) electrons. The van der Waals surface area contributed by atoms with E-state index in [-0.39, 0.29) is 6.61 Å². The molecule has 11 heteroatoms. The molecule has 32 heavy (non-hydrogen) atoms. The monoisotopic (exact) mass is 499 g/mol. The summed E-state index contributed by atoms with van der Waals surface area (Å²) in [6.45, 7) is 7.91. The highest BCUT2D eigenvalue weighted by atomic mass is 35.5. The molecule has 1 aromatic heterocycles. The second-order valence-electron chi connectivity index (χ2n) is 7.50. The number of halogens is 1. The Bertz CT molecular complexity index is 1230. The van der Waals surface area contributed by atoms with Crippen LogP contribution < -0.4 is 9.75 Å². The van der Waals surface area contributed by atoms with E-state index >= 15 is 0 Å². The lowest BCUT2D eigenvalue weighted by Crippen LogP contribution is -3.11. The van der Waals surface area contributed by atoms with Gasteiger partial charge in [0.05, 0.1) is 40.8 Å². The molecule has 174 valence electrons. The smallest absolute Gasteiger partial charge is 0.261 e. The van der Waals surface area contributed by atoms with Gasteiger partial charge in [0.25, 0.3) is 5.69 Å². The molecule has 0 saturated carbocycles. The van der Waals surface area contributed by atoms with Crippen molar-refractivity contribution in [2.75, 3.05) is 25.9 Å². The highest BCUT2D eigenvalue weighted by molar-refractivity contribution is 7.99. The lowest BCUT2D eigenvalue weighted by Gasteiger charge is -2.16. The molecule has 0 saturated heterocycles. The quantitative estimate of drug-likeness (QED) is 0.237. The first-order valence-corrected chi connectivity index (χ1v) is 13.2. The number of likely N-dealkylation sites (N-methyl/N-ethyl adjacent to an activating group) is 1. The van der Waals surface area contributed by atoms with E-state index in [9.17, 15) is 10.3 Å². The third kappa shape index (κ3) is 5.22. The molecule has 0 atom stereocenters. The van der Waals surface area contributed by atoms with Gasteiger partial charge in [0, 0.05) is 21.1 Å². The molecule has 1 aliphatic heterocycles. The number of nitrogens with zero attached hydrogens (tertiary/aromatic N) is 2. The fourth-order valence-corrected chi connectivity index (χ4v) is 5.30. The zero-order valence-electron chi connectivity index (χ0n) is 18.1. The second kappa shape index (κ2) is 9.98. The minimum atomic E-state index is -3.92. The van der Waals surface area contributed by atoms with E-state index in [1.807, 2.05) is 35.0 Å². The first kappa shape index (κ1) is 24.8. The Labute approximate surface area is 196 Å². The maximum atomic E-state index is 13.3. The molecule has 0 amide bonds. The molecule has 0 bridgehead atoms. The van der Waals surface area contributed by atoms with Crippen LogP contribution in [0, 0.1) is 5.21 Å². The summed E-state index contributed by atoms with van der Waals surface area (Å²) in [5, 5.41) is 24.7. The van der Waals surface area contributed by atoms with Gasteiger partial charge in [-0.1, -0.05) is 34.3 Å². The Morgan fingerprint density at radius 2 is 1.88 bits per heavy atom. The number of benzene rings is 2. The van der Waals surface area contributed by atoms with Crippen molar-refractivity contribution in [3.63, 3.8) is 0 Å². The van der Waals surface area contributed by atoms with Gasteiger partial charge in [0.15, 0.2) is 0 Å². The zero-order chi connectivity index (χ0) is 23.6. The summed E-state index contributed by atoms with van der Waals surface area (Å²) in [4.78, 5) is 4.40. The van der Waals surface area contributed by atoms with Crippen molar-refractivity contribution in [1.82, 2.24) is 4.68 Å². The second-order valence-corrected chi connectivity index (χ2v) is 10.4. The molecule has 0 fully saturated rings. The third-order valence-electron chi connectivity index (χ3n) is 5.40. The number of fused-ring (bicyclic) bond motifs is 2. The molecule has 2 N–H and O–H groups in total. The largest absolute Gasteiger partial charge is 0.748 e. The van der Waals surface area contributed by atoms with Crippen molar-refractivity contribution in [2.24, 2.45) is 0 Å². The van der Waals surface area contributed by atoms with Crippen molar-refractivity contribution in [1.29, 1.82) is 0 Å². The van der Waals surface area contributed by atoms with Gasteiger partial charge in [-0.15, -0.1) is 4.68 Å². The summed E-state index contributed by atoms with van der Waals surface area (Å²) in [6, 6.07) is 9.52. The van der Waals surface area contributed by atoms with Crippen LogP contribution in [0.3, 0.4) is 0 Å². The van der Waals surface area contributed by atoms with Crippen LogP contribution in [-0.4, -0.2) is 48.6 Å². The van der Waals surface area contributed by atoms with Crippen molar-refractivity contribution in [2.45, 2.75) is 36.8 Å². The SMILES string of the molecule is CC[NH+](CC)CCn1c2ccc(CO)c3c2c([n+]1[O-])-c1ccc(Cl)cc1S3.CS(=O)(=O)[O-]. The molecule has 0 spiro atoms. The lowest BCUT2D eigenvalue weighted by molar-refractivity contribution is -0.898. The third-order valence-corrected chi connectivity index (χ3v) is 6.86. The normalized spacial score (nSPS) is 12.6. The summed E-state index contributed by atoms with van der Waals surface area (Å²) < 4.78 is 29.1. The van der Waals surface area contributed by atoms with Gasteiger partial charge in [0.1, 0.15) is 18.6 Å². The first-order valence-electron chi connectivity index (χ1n) is 10.2. The van der Waals surface area contributed by atoms with Crippen molar-refractivity contribution < 1.29 is 27.8 Å². The van der Waals surface area contributed by atoms with Gasteiger partial charge in [-0.2, -0.15) is 0 Å². The number of hydrogen-bond donors (Lipinski definition) is 2. The molecule has 8 nitrogen and oxygen atoms in total. The topological polar surface area (TPSA) is 114 Å². The fourth-order valence-electron chi connectivity index (χ4n) is 3.82. The molecular weight excluding hydrogens is 474 g/mol. The molecule has 2 heterocycles. The van der Waals surface area contributed by atoms with E-state index in [4.69, 9.17) is 24.6 Å². The summed E-state index contributed by atoms with van der Waals surface area (Å²) in [7, 11) is -3.92. The summed E-state index contributed by atoms with van der Waals surface area (Å²) >= 11 is 7.77. The molecule has 2 aromatic carbocycles. The number of rotatable bonds is 6. The van der Waals surface area contributed by atoms with Crippen LogP contribution >= 0.6 is 23.4 Å². The molecule has 4 rings (SSSR count). The molecule has 0 aliphatic carbocycles. The molecule has 1 aliphatic rings. The number of quaternary nitrogens is 1. The number of nitrogens with one attached hydrogen (secondary N) is 1. The van der Waals surface area contributed by atoms with Crippen molar-refractivity contribution >= 4 is 44.4 Å². The van der Waals surface area contributed by atoms with Crippen LogP contribution in [0.1, 0.15) is 19.4 Å². The summed E-state index contributed by atoms with van der Waals surface area (Å²) in [6.07, 6.45) is 0.604. The van der Waals surface area contributed by atoms with Gasteiger partial charge >= 0.3 is 0 Å². The zero-order valence-corrected chi connectivity index (χ0v) is 20.5. The van der Waals surface area contributed by atoms with E-state index in [1.54, 1.807) is 11.8 Å². The van der Waals surface area contributed by atoms with Gasteiger partial charge in [-0.25, -0.2) is 8.42 Å². The Morgan fingerprint density at radius 3 is 2.47 bits per heavy atom. The van der Waals surface area contributed by atoms with E-state index in [2.05, 4.69) is 13.8 Å². The molecule has 0 unspecified atom stereocenters. The highest BCUT2D eigenvalue weighted by Crippen LogP contribution is 2.48. The summed E-state index contributed by atoms with van der Waals surface area (Å²) in [5.41, 5.74) is 3.33. The van der Waals surface area contributed by atoms with Crippen LogP contribution in [-0.2, 0) is 23.3 Å². The van der Waals surface area contributed by atoms with Crippen LogP contribution in [0.5, 0.6) is 0 Å². The Kier molecular flexibility index (Phi) is 7.74. The minimum Gasteiger partial charge on any atom is -0.748 e. The van der Waals surface area contributed by atoms with Crippen LogP contribution in [0.4, 0.5) is 0 Å². The molecule has 3 aromatic rings. The maximum Gasteiger partial charge on any atom is 0.261 e. The van der Waals surface area contributed by atoms with E-state index in [0.29, 0.717) is 23.5 Å². The maximum absolute atomic E-state index is 13.3. The Balaban J connectivity index is 0.000000523. The van der Waals surface area contributed by atoms with Crippen LogP contribution in [0.25, 0.3) is 22.2 Å². The highest BCUT2D eigenvalue weighted by Gasteiger charge is 2.33. The Hall–Kier alpha value is -1.82. The predicted octanol–water partition coefficient (Wildman–Crippen LogP) is 1.64. The van der Waals surface area contributed by atoms with Crippen LogP contribution in [0.15, 0.2) is 40.1 Å². The fraction of sp³-hybridized carbons (Fsp3) is 0.381. The minimum absolute atomic E-state index is 0.0543. The predicted molar refractivity (Wildman–Crippen MR) is 124 cm³/mol. The van der Waals surface area contributed by atoms with Crippen molar-refractivity contribution in [3.05, 3.63) is 46.1 Å². The molecular formula is C21H26ClN3O5S2. The first-order chi connectivity index (χ1) is 15.1. The van der Waals surface area contributed by atoms with E-state index in [1.165, 1.54) is 4.90 Å². The number of aliphatic hydroxyl groups is 1. The Morgan fingerprint density at radius 1 is 1.22 bits per heavy atom. The van der Waals surface area contributed by atoms with Gasteiger partial charge < -0.3 is 19.8 Å². The van der Waals surface area contributed by atoms with Gasteiger partial charge in [-0.3, -0.25) is 0 Å². The standard InChI is InChI=1S/C20H22ClN3O2S.CH4O3S/c1-3-22(4-2)9-10-23-16-8-5-13(12-25)20-18(16)19(24(23)26)15-7-6-14(21)11-17(15)27-20;1-5(2,3)4/h5-8,11,25H,3-4,9-10,12H2,1-2H3;1H3,(H,2,3,4). The average molecular weight is 500 g/mol. The van der Waals surface area contributed by atoms with E-state index in [0.717, 1.165) is 56.3 Å². The van der Waals surface area contributed by atoms with Gasteiger partial charge in [-0.05, 0) is 43.7 Å². The number of aromatic nitrogens is 2.